The molecule has 4 heteroatoms. The first kappa shape index (κ1) is 12.6. The molecular weight excluding hydrogens is 236 g/mol. The van der Waals surface area contributed by atoms with E-state index in [0.29, 0.717) is 0 Å². The lowest BCUT2D eigenvalue weighted by Gasteiger charge is -2.38. The predicted molar refractivity (Wildman–Crippen MR) is 78.1 cm³/mol. The molecule has 1 aromatic heterocycles. The van der Waals surface area contributed by atoms with Gasteiger partial charge in [-0.3, -0.25) is 4.90 Å². The summed E-state index contributed by atoms with van der Waals surface area (Å²) >= 11 is 0. The van der Waals surface area contributed by atoms with Crippen molar-refractivity contribution >= 4 is 11.0 Å². The van der Waals surface area contributed by atoms with E-state index in [1.807, 2.05) is 6.07 Å². The number of fused-ring (bicyclic) bond motifs is 1. The molecule has 0 aliphatic carbocycles. The molecule has 2 heterocycles. The van der Waals surface area contributed by atoms with Gasteiger partial charge in [0, 0.05) is 32.2 Å². The third kappa shape index (κ3) is 2.51. The van der Waals surface area contributed by atoms with E-state index in [2.05, 4.69) is 53.9 Å². The molecular formula is C15H22N4. The molecule has 0 spiro atoms. The van der Waals surface area contributed by atoms with E-state index in [-0.39, 0.29) is 5.54 Å². The van der Waals surface area contributed by atoms with E-state index >= 15 is 0 Å². The van der Waals surface area contributed by atoms with Crippen LogP contribution in [0.3, 0.4) is 0 Å². The highest BCUT2D eigenvalue weighted by atomic mass is 15.2. The molecule has 0 saturated carbocycles. The Hall–Kier alpha value is -1.39. The molecule has 4 nitrogen and oxygen atoms in total. The number of hydrogen-bond donors (Lipinski definition) is 1. The van der Waals surface area contributed by atoms with Crippen molar-refractivity contribution < 1.29 is 0 Å². The summed E-state index contributed by atoms with van der Waals surface area (Å²) in [6.45, 7) is 8.65. The SMILES string of the molecule is Cn1c(CN2CCNC(C)(C)C2)nc2ccccc21. The smallest absolute Gasteiger partial charge is 0.123 e. The van der Waals surface area contributed by atoms with Crippen LogP contribution in [0.15, 0.2) is 24.3 Å². The average Bonchev–Trinajstić information content (AvgIpc) is 2.66. The number of benzene rings is 1. The fourth-order valence-corrected chi connectivity index (χ4v) is 2.92. The standard InChI is InChI=1S/C15H22N4/c1-15(2)11-19(9-8-16-15)10-14-17-12-6-4-5-7-13(12)18(14)3/h4-7,16H,8-11H2,1-3H3. The molecule has 3 rings (SSSR count). The third-order valence-corrected chi connectivity index (χ3v) is 3.90. The predicted octanol–water partition coefficient (Wildman–Crippen LogP) is 1.76. The van der Waals surface area contributed by atoms with E-state index < -0.39 is 0 Å². The summed E-state index contributed by atoms with van der Waals surface area (Å²) in [7, 11) is 2.11. The highest BCUT2D eigenvalue weighted by Gasteiger charge is 2.26. The Kier molecular flexibility index (Phi) is 3.07. The van der Waals surface area contributed by atoms with Crippen molar-refractivity contribution in [3.63, 3.8) is 0 Å². The molecule has 19 heavy (non-hydrogen) atoms. The van der Waals surface area contributed by atoms with Crippen LogP contribution in [0.2, 0.25) is 0 Å². The first-order valence-electron chi connectivity index (χ1n) is 6.93. The summed E-state index contributed by atoms with van der Waals surface area (Å²) in [5.41, 5.74) is 2.50. The van der Waals surface area contributed by atoms with Gasteiger partial charge in [-0.25, -0.2) is 4.98 Å². The summed E-state index contributed by atoms with van der Waals surface area (Å²) in [6, 6.07) is 8.34. The highest BCUT2D eigenvalue weighted by molar-refractivity contribution is 5.75. The molecule has 1 aliphatic rings. The van der Waals surface area contributed by atoms with Gasteiger partial charge in [-0.2, -0.15) is 0 Å². The maximum Gasteiger partial charge on any atom is 0.123 e. The lowest BCUT2D eigenvalue weighted by Crippen LogP contribution is -2.56. The van der Waals surface area contributed by atoms with Crippen LogP contribution in [0.1, 0.15) is 19.7 Å². The maximum atomic E-state index is 4.76. The molecule has 1 fully saturated rings. The van der Waals surface area contributed by atoms with Crippen molar-refractivity contribution in [2.75, 3.05) is 19.6 Å². The van der Waals surface area contributed by atoms with E-state index in [0.717, 1.165) is 37.5 Å². The minimum absolute atomic E-state index is 0.197. The van der Waals surface area contributed by atoms with Gasteiger partial charge in [0.2, 0.25) is 0 Å². The lowest BCUT2D eigenvalue weighted by atomic mass is 10.0. The average molecular weight is 258 g/mol. The molecule has 0 radical (unpaired) electrons. The molecule has 1 aromatic carbocycles. The van der Waals surface area contributed by atoms with Gasteiger partial charge in [0.1, 0.15) is 5.82 Å². The number of para-hydroxylation sites is 2. The first-order chi connectivity index (χ1) is 9.05. The fraction of sp³-hybridized carbons (Fsp3) is 0.533. The monoisotopic (exact) mass is 258 g/mol. The van der Waals surface area contributed by atoms with Crippen molar-refractivity contribution in [1.29, 1.82) is 0 Å². The summed E-state index contributed by atoms with van der Waals surface area (Å²) in [5.74, 6) is 1.15. The van der Waals surface area contributed by atoms with E-state index in [1.54, 1.807) is 0 Å². The highest BCUT2D eigenvalue weighted by Crippen LogP contribution is 2.17. The van der Waals surface area contributed by atoms with Gasteiger partial charge in [0.25, 0.3) is 0 Å². The van der Waals surface area contributed by atoms with Crippen LogP contribution in [0.4, 0.5) is 0 Å². The first-order valence-corrected chi connectivity index (χ1v) is 6.93. The number of aryl methyl sites for hydroxylation is 1. The van der Waals surface area contributed by atoms with Crippen LogP contribution >= 0.6 is 0 Å². The number of rotatable bonds is 2. The van der Waals surface area contributed by atoms with Crippen molar-refractivity contribution in [2.24, 2.45) is 7.05 Å². The Bertz CT molecular complexity index is 585. The Labute approximate surface area is 114 Å². The second-order valence-electron chi connectivity index (χ2n) is 6.10. The molecule has 0 unspecified atom stereocenters. The second-order valence-corrected chi connectivity index (χ2v) is 6.10. The molecule has 0 amide bonds. The van der Waals surface area contributed by atoms with Crippen molar-refractivity contribution in [2.45, 2.75) is 25.9 Å². The minimum atomic E-state index is 0.197. The Morgan fingerprint density at radius 1 is 1.32 bits per heavy atom. The van der Waals surface area contributed by atoms with Crippen LogP contribution in [0.5, 0.6) is 0 Å². The van der Waals surface area contributed by atoms with Crippen molar-refractivity contribution in [1.82, 2.24) is 19.8 Å². The summed E-state index contributed by atoms with van der Waals surface area (Å²) in [4.78, 5) is 7.24. The van der Waals surface area contributed by atoms with Crippen molar-refractivity contribution in [3.8, 4) is 0 Å². The van der Waals surface area contributed by atoms with E-state index in [9.17, 15) is 0 Å². The van der Waals surface area contributed by atoms with Gasteiger partial charge in [-0.15, -0.1) is 0 Å². The number of nitrogens with zero attached hydrogens (tertiary/aromatic N) is 3. The van der Waals surface area contributed by atoms with Crippen LogP contribution in [0.25, 0.3) is 11.0 Å². The Morgan fingerprint density at radius 2 is 2.11 bits per heavy atom. The summed E-state index contributed by atoms with van der Waals surface area (Å²) in [6.07, 6.45) is 0. The van der Waals surface area contributed by atoms with E-state index in [4.69, 9.17) is 4.98 Å². The number of piperazine rings is 1. The van der Waals surface area contributed by atoms with Gasteiger partial charge in [-0.1, -0.05) is 12.1 Å². The minimum Gasteiger partial charge on any atom is -0.330 e. The largest absolute Gasteiger partial charge is 0.330 e. The molecule has 0 bridgehead atoms. The number of hydrogen-bond acceptors (Lipinski definition) is 3. The van der Waals surface area contributed by atoms with E-state index in [1.165, 1.54) is 5.52 Å². The molecule has 2 aromatic rings. The van der Waals surface area contributed by atoms with Crippen molar-refractivity contribution in [3.05, 3.63) is 30.1 Å². The second kappa shape index (κ2) is 4.62. The zero-order valence-corrected chi connectivity index (χ0v) is 12.0. The van der Waals surface area contributed by atoms with Crippen LogP contribution in [-0.4, -0.2) is 39.6 Å². The normalized spacial score (nSPS) is 19.9. The van der Waals surface area contributed by atoms with Crippen LogP contribution in [0, 0.1) is 0 Å². The Morgan fingerprint density at radius 3 is 2.84 bits per heavy atom. The lowest BCUT2D eigenvalue weighted by molar-refractivity contribution is 0.144. The van der Waals surface area contributed by atoms with Gasteiger partial charge in [0.15, 0.2) is 0 Å². The number of nitrogens with one attached hydrogen (secondary N) is 1. The topological polar surface area (TPSA) is 33.1 Å². The quantitative estimate of drug-likeness (QED) is 0.891. The Balaban J connectivity index is 1.83. The molecule has 1 N–H and O–H groups in total. The number of imidazole rings is 1. The van der Waals surface area contributed by atoms with Crippen LogP contribution in [-0.2, 0) is 13.6 Å². The zero-order valence-electron chi connectivity index (χ0n) is 12.0. The van der Waals surface area contributed by atoms with Gasteiger partial charge in [0.05, 0.1) is 17.6 Å². The van der Waals surface area contributed by atoms with Gasteiger partial charge in [-0.05, 0) is 26.0 Å². The van der Waals surface area contributed by atoms with Gasteiger partial charge >= 0.3 is 0 Å². The molecule has 0 atom stereocenters. The summed E-state index contributed by atoms with van der Waals surface area (Å²) < 4.78 is 2.21. The van der Waals surface area contributed by atoms with Gasteiger partial charge < -0.3 is 9.88 Å². The zero-order chi connectivity index (χ0) is 13.5. The maximum absolute atomic E-state index is 4.76. The molecule has 102 valence electrons. The fourth-order valence-electron chi connectivity index (χ4n) is 2.92. The van der Waals surface area contributed by atoms with Crippen LogP contribution < -0.4 is 5.32 Å². The molecule has 1 aliphatic heterocycles. The third-order valence-electron chi connectivity index (χ3n) is 3.90. The number of aromatic nitrogens is 2. The molecule has 1 saturated heterocycles. The summed E-state index contributed by atoms with van der Waals surface area (Å²) in [5, 5.41) is 3.55.